The molecule has 2 aromatic carbocycles. The topological polar surface area (TPSA) is 64.4 Å². The summed E-state index contributed by atoms with van der Waals surface area (Å²) in [4.78, 5) is 1.98. The monoisotopic (exact) mass is 435 g/mol. The van der Waals surface area contributed by atoms with Gasteiger partial charge < -0.3 is 4.90 Å². The Labute approximate surface area is 176 Å². The molecule has 1 fully saturated rings. The van der Waals surface area contributed by atoms with Crippen LogP contribution in [0.1, 0.15) is 30.9 Å². The summed E-state index contributed by atoms with van der Waals surface area (Å²) in [5.74, 6) is -0.193. The van der Waals surface area contributed by atoms with E-state index < -0.39 is 10.0 Å². The van der Waals surface area contributed by atoms with Crippen LogP contribution in [0.2, 0.25) is 5.02 Å². The number of rotatable bonds is 7. The zero-order valence-electron chi connectivity index (χ0n) is 16.2. The van der Waals surface area contributed by atoms with E-state index in [0.29, 0.717) is 42.1 Å². The highest BCUT2D eigenvalue weighted by atomic mass is 35.5. The van der Waals surface area contributed by atoms with Crippen molar-refractivity contribution in [1.29, 1.82) is 5.26 Å². The van der Waals surface area contributed by atoms with E-state index in [4.69, 9.17) is 16.9 Å². The largest absolute Gasteiger partial charge is 0.363 e. The van der Waals surface area contributed by atoms with Crippen molar-refractivity contribution in [3.63, 3.8) is 0 Å². The van der Waals surface area contributed by atoms with E-state index in [1.807, 2.05) is 17.9 Å². The Morgan fingerprint density at radius 3 is 2.72 bits per heavy atom. The fourth-order valence-corrected chi connectivity index (χ4v) is 5.39. The Balaban J connectivity index is 1.93. The molecule has 1 saturated heterocycles. The molecule has 0 aliphatic carbocycles. The van der Waals surface area contributed by atoms with Gasteiger partial charge in [-0.15, -0.1) is 0 Å². The fourth-order valence-electron chi connectivity index (χ4n) is 3.62. The summed E-state index contributed by atoms with van der Waals surface area (Å²) in [7, 11) is -3.30. The predicted octanol–water partition coefficient (Wildman–Crippen LogP) is 4.17. The first-order chi connectivity index (χ1) is 13.9. The molecule has 1 aliphatic rings. The molecule has 154 valence electrons. The molecule has 1 heterocycles. The highest BCUT2D eigenvalue weighted by Gasteiger charge is 2.34. The van der Waals surface area contributed by atoms with E-state index in [2.05, 4.69) is 0 Å². The van der Waals surface area contributed by atoms with Gasteiger partial charge in [-0.2, -0.15) is 9.57 Å². The molecule has 0 unspecified atom stereocenters. The number of nitriles is 1. The van der Waals surface area contributed by atoms with Crippen LogP contribution in [0.15, 0.2) is 42.5 Å². The molecule has 0 amide bonds. The van der Waals surface area contributed by atoms with Crippen molar-refractivity contribution < 1.29 is 12.8 Å². The third-order valence-electron chi connectivity index (χ3n) is 5.13. The summed E-state index contributed by atoms with van der Waals surface area (Å²) < 4.78 is 40.8. The predicted molar refractivity (Wildman–Crippen MR) is 113 cm³/mol. The van der Waals surface area contributed by atoms with Crippen LogP contribution in [0.3, 0.4) is 0 Å². The third-order valence-corrected chi connectivity index (χ3v) is 7.48. The van der Waals surface area contributed by atoms with Crippen molar-refractivity contribution in [3.8, 4) is 6.07 Å². The van der Waals surface area contributed by atoms with Gasteiger partial charge in [0.05, 0.1) is 16.3 Å². The number of hydrogen-bond donors (Lipinski definition) is 0. The molecular formula is C21H23ClFN3O2S. The zero-order chi connectivity index (χ0) is 21.0. The van der Waals surface area contributed by atoms with Crippen molar-refractivity contribution in [2.45, 2.75) is 32.4 Å². The molecule has 1 aliphatic heterocycles. The van der Waals surface area contributed by atoms with Gasteiger partial charge in [-0.25, -0.2) is 12.8 Å². The first-order valence-electron chi connectivity index (χ1n) is 9.53. The Hall–Kier alpha value is -2.14. The van der Waals surface area contributed by atoms with Crippen LogP contribution in [-0.4, -0.2) is 37.6 Å². The summed E-state index contributed by atoms with van der Waals surface area (Å²) in [6.07, 6.45) is 1.20. The highest BCUT2D eigenvalue weighted by molar-refractivity contribution is 7.89. The second-order valence-corrected chi connectivity index (χ2v) is 9.61. The highest BCUT2D eigenvalue weighted by Crippen LogP contribution is 2.30. The van der Waals surface area contributed by atoms with Gasteiger partial charge in [0.15, 0.2) is 0 Å². The minimum atomic E-state index is -3.30. The summed E-state index contributed by atoms with van der Waals surface area (Å²) >= 11 is 6.23. The van der Waals surface area contributed by atoms with Crippen LogP contribution >= 0.6 is 11.6 Å². The van der Waals surface area contributed by atoms with Crippen LogP contribution in [-0.2, 0) is 16.6 Å². The number of sulfonamides is 1. The molecule has 0 spiro atoms. The summed E-state index contributed by atoms with van der Waals surface area (Å²) in [6.45, 7) is 2.90. The Kier molecular flexibility index (Phi) is 6.78. The summed E-state index contributed by atoms with van der Waals surface area (Å²) in [5, 5.41) is 9.45. The molecule has 29 heavy (non-hydrogen) atoms. The van der Waals surface area contributed by atoms with Gasteiger partial charge in [0.1, 0.15) is 11.9 Å². The van der Waals surface area contributed by atoms with Gasteiger partial charge in [0.2, 0.25) is 10.0 Å². The average Bonchev–Trinajstić information content (AvgIpc) is 3.18. The molecule has 0 N–H and O–H groups in total. The van der Waals surface area contributed by atoms with Crippen LogP contribution in [0.4, 0.5) is 10.1 Å². The second kappa shape index (κ2) is 9.12. The van der Waals surface area contributed by atoms with E-state index in [-0.39, 0.29) is 24.2 Å². The number of hydrogen-bond acceptors (Lipinski definition) is 4. The molecule has 0 bridgehead atoms. The molecule has 0 radical (unpaired) electrons. The molecule has 2 aromatic rings. The minimum absolute atomic E-state index is 0.120. The van der Waals surface area contributed by atoms with E-state index in [1.54, 1.807) is 36.4 Å². The third kappa shape index (κ3) is 4.89. The standard InChI is InChI=1S/C21H23ClFN3O2S/c1-2-11-29(27,28)25-10-9-19(15-25)26(14-17-5-3-4-6-21(17)23)18-8-7-16(13-24)20(22)12-18/h3-8,12,19H,2,9-11,14-15H2,1H3/t19-/m0/s1. The maximum atomic E-state index is 14.3. The first-order valence-corrected chi connectivity index (χ1v) is 11.5. The minimum Gasteiger partial charge on any atom is -0.363 e. The number of anilines is 1. The van der Waals surface area contributed by atoms with E-state index >= 15 is 0 Å². The maximum Gasteiger partial charge on any atom is 0.214 e. The Bertz CT molecular complexity index is 1020. The number of nitrogens with zero attached hydrogens (tertiary/aromatic N) is 3. The fraction of sp³-hybridized carbons (Fsp3) is 0.381. The van der Waals surface area contributed by atoms with Crippen molar-refractivity contribution in [1.82, 2.24) is 4.31 Å². The van der Waals surface area contributed by atoms with Crippen molar-refractivity contribution in [2.75, 3.05) is 23.7 Å². The summed E-state index contributed by atoms with van der Waals surface area (Å²) in [6, 6.07) is 13.5. The molecule has 0 saturated carbocycles. The molecule has 8 heteroatoms. The van der Waals surface area contributed by atoms with Gasteiger partial charge in [0, 0.05) is 36.9 Å². The van der Waals surface area contributed by atoms with Crippen LogP contribution in [0.5, 0.6) is 0 Å². The molecule has 3 rings (SSSR count). The van der Waals surface area contributed by atoms with Gasteiger partial charge in [-0.1, -0.05) is 36.7 Å². The lowest BCUT2D eigenvalue weighted by atomic mass is 10.1. The van der Waals surface area contributed by atoms with Gasteiger partial charge in [-0.05, 0) is 37.1 Å². The Morgan fingerprint density at radius 2 is 2.07 bits per heavy atom. The smallest absolute Gasteiger partial charge is 0.214 e. The quantitative estimate of drug-likeness (QED) is 0.654. The van der Waals surface area contributed by atoms with Crippen LogP contribution in [0.25, 0.3) is 0 Å². The van der Waals surface area contributed by atoms with E-state index in [0.717, 1.165) is 5.69 Å². The molecular weight excluding hydrogens is 413 g/mol. The van der Waals surface area contributed by atoms with Crippen molar-refractivity contribution >= 4 is 27.3 Å². The SMILES string of the molecule is CCCS(=O)(=O)N1CC[C@H](N(Cc2ccccc2F)c2ccc(C#N)c(Cl)c2)C1. The molecule has 1 atom stereocenters. The number of halogens is 2. The summed E-state index contributed by atoms with van der Waals surface area (Å²) in [5.41, 5.74) is 1.61. The lowest BCUT2D eigenvalue weighted by molar-refractivity contribution is 0.467. The van der Waals surface area contributed by atoms with E-state index in [9.17, 15) is 12.8 Å². The average molecular weight is 436 g/mol. The molecule has 5 nitrogen and oxygen atoms in total. The second-order valence-electron chi connectivity index (χ2n) is 7.11. The maximum absolute atomic E-state index is 14.3. The Morgan fingerprint density at radius 1 is 1.31 bits per heavy atom. The van der Waals surface area contributed by atoms with Crippen LogP contribution in [0, 0.1) is 17.1 Å². The first kappa shape index (κ1) is 21.6. The number of benzene rings is 2. The van der Waals surface area contributed by atoms with Crippen LogP contribution < -0.4 is 4.90 Å². The van der Waals surface area contributed by atoms with Gasteiger partial charge in [0.25, 0.3) is 0 Å². The van der Waals surface area contributed by atoms with E-state index in [1.165, 1.54) is 10.4 Å². The lowest BCUT2D eigenvalue weighted by Gasteiger charge is -2.32. The van der Waals surface area contributed by atoms with Crippen molar-refractivity contribution in [2.24, 2.45) is 0 Å². The zero-order valence-corrected chi connectivity index (χ0v) is 17.8. The lowest BCUT2D eigenvalue weighted by Crippen LogP contribution is -2.39. The molecule has 0 aromatic heterocycles. The van der Waals surface area contributed by atoms with Crippen molar-refractivity contribution in [3.05, 3.63) is 64.4 Å². The normalized spacial score (nSPS) is 17.2. The van der Waals surface area contributed by atoms with Gasteiger partial charge in [-0.3, -0.25) is 0 Å². The van der Waals surface area contributed by atoms with Gasteiger partial charge >= 0.3 is 0 Å².